The molecule has 2 aromatic carbocycles. The Hall–Kier alpha value is -3.51. The Bertz CT molecular complexity index is 1770. The number of nitrogen functional groups attached to an aromatic ring is 1. The van der Waals surface area contributed by atoms with Crippen molar-refractivity contribution in [3.8, 4) is 11.3 Å². The van der Waals surface area contributed by atoms with Gasteiger partial charge >= 0.3 is 0 Å². The van der Waals surface area contributed by atoms with Crippen LogP contribution >= 0.6 is 11.6 Å². The van der Waals surface area contributed by atoms with Gasteiger partial charge in [0.15, 0.2) is 0 Å². The van der Waals surface area contributed by atoms with Crippen LogP contribution in [0.1, 0.15) is 31.7 Å². The molecule has 2 aliphatic rings. The number of fused-ring (bicyclic) bond motifs is 1. The molecule has 1 saturated heterocycles. The van der Waals surface area contributed by atoms with Gasteiger partial charge in [0.25, 0.3) is 10.0 Å². The molecule has 6 rings (SSSR count). The van der Waals surface area contributed by atoms with Gasteiger partial charge in [-0.25, -0.2) is 17.8 Å². The standard InChI is InChI=1S/C29H30ClFN6O3S/c1-2-37-28-21(17-7-10-19(11-8-17)34-20-15-40-16-20)14-33-29(32)26(28)27(35-37)18-9-12-24(23(31)13-18)36-41(38,39)25-6-4-3-5-22(25)30/h3-7,9,12-14,19-20,34,36H,2,8,10-11,15-16H2,1H3,(H2,32,33)/t19-/m1/s1. The topological polar surface area (TPSA) is 124 Å². The molecule has 0 radical (unpaired) electrons. The van der Waals surface area contributed by atoms with E-state index < -0.39 is 15.8 Å². The summed E-state index contributed by atoms with van der Waals surface area (Å²) in [7, 11) is -4.10. The molecule has 4 N–H and O–H groups in total. The molecule has 2 aromatic heterocycles. The quantitative estimate of drug-likeness (QED) is 0.255. The predicted octanol–water partition coefficient (Wildman–Crippen LogP) is 5.22. The summed E-state index contributed by atoms with van der Waals surface area (Å²) in [6, 6.07) is 11.1. The Balaban J connectivity index is 1.34. The van der Waals surface area contributed by atoms with Gasteiger partial charge in [-0.1, -0.05) is 35.9 Å². The van der Waals surface area contributed by atoms with E-state index in [1.807, 2.05) is 11.6 Å². The second-order valence-electron chi connectivity index (χ2n) is 10.3. The highest BCUT2D eigenvalue weighted by atomic mass is 35.5. The first-order chi connectivity index (χ1) is 19.7. The normalized spacial score (nSPS) is 17.8. The molecule has 0 amide bonds. The molecule has 41 heavy (non-hydrogen) atoms. The van der Waals surface area contributed by atoms with E-state index in [-0.39, 0.29) is 15.6 Å². The minimum atomic E-state index is -4.10. The fourth-order valence-corrected chi connectivity index (χ4v) is 6.99. The van der Waals surface area contributed by atoms with Crippen molar-refractivity contribution in [3.05, 3.63) is 71.1 Å². The van der Waals surface area contributed by atoms with Crippen LogP contribution in [0.3, 0.4) is 0 Å². The number of hydrogen-bond acceptors (Lipinski definition) is 7. The molecule has 0 unspecified atom stereocenters. The Kier molecular flexibility index (Phi) is 7.45. The van der Waals surface area contributed by atoms with Crippen LogP contribution in [0.15, 0.2) is 59.6 Å². The molecule has 1 aliphatic heterocycles. The summed E-state index contributed by atoms with van der Waals surface area (Å²) in [5, 5.41) is 9.12. The van der Waals surface area contributed by atoms with Gasteiger partial charge in [0.2, 0.25) is 0 Å². The van der Waals surface area contributed by atoms with Gasteiger partial charge in [0.1, 0.15) is 22.2 Å². The van der Waals surface area contributed by atoms with Crippen molar-refractivity contribution in [1.82, 2.24) is 20.1 Å². The number of nitrogens with one attached hydrogen (secondary N) is 2. The van der Waals surface area contributed by atoms with Crippen LogP contribution in [0, 0.1) is 5.82 Å². The molecule has 0 spiro atoms. The van der Waals surface area contributed by atoms with Crippen molar-refractivity contribution in [2.45, 2.75) is 49.7 Å². The van der Waals surface area contributed by atoms with Crippen molar-refractivity contribution in [2.24, 2.45) is 0 Å². The number of benzene rings is 2. The van der Waals surface area contributed by atoms with E-state index in [4.69, 9.17) is 27.2 Å². The van der Waals surface area contributed by atoms with Gasteiger partial charge in [-0.2, -0.15) is 5.10 Å². The fraction of sp³-hybridized carbons (Fsp3) is 0.310. The molecule has 214 valence electrons. The van der Waals surface area contributed by atoms with Gasteiger partial charge in [0.05, 0.1) is 40.9 Å². The van der Waals surface area contributed by atoms with Crippen molar-refractivity contribution >= 4 is 49.6 Å². The summed E-state index contributed by atoms with van der Waals surface area (Å²) in [5.41, 5.74) is 10.1. The first kappa shape index (κ1) is 27.6. The number of hydrogen-bond donors (Lipinski definition) is 3. The van der Waals surface area contributed by atoms with Crippen LogP contribution in [0.5, 0.6) is 0 Å². The molecule has 3 heterocycles. The highest BCUT2D eigenvalue weighted by Crippen LogP contribution is 2.39. The van der Waals surface area contributed by atoms with E-state index in [2.05, 4.69) is 21.1 Å². The Labute approximate surface area is 242 Å². The predicted molar refractivity (Wildman–Crippen MR) is 159 cm³/mol. The number of halogens is 2. The third kappa shape index (κ3) is 5.30. The number of aryl methyl sites for hydroxylation is 1. The number of anilines is 2. The number of aromatic nitrogens is 3. The molecule has 9 nitrogen and oxygen atoms in total. The van der Waals surface area contributed by atoms with Crippen LogP contribution < -0.4 is 15.8 Å². The zero-order chi connectivity index (χ0) is 28.7. The first-order valence-electron chi connectivity index (χ1n) is 13.5. The number of pyridine rings is 1. The summed E-state index contributed by atoms with van der Waals surface area (Å²) >= 11 is 6.06. The largest absolute Gasteiger partial charge is 0.383 e. The van der Waals surface area contributed by atoms with Gasteiger partial charge in [0, 0.05) is 29.9 Å². The Morgan fingerprint density at radius 1 is 1.20 bits per heavy atom. The van der Waals surface area contributed by atoms with Gasteiger partial charge in [-0.05, 0) is 56.0 Å². The molecular formula is C29H30ClFN6O3S. The number of allylic oxidation sites excluding steroid dienone is 1. The first-order valence-corrected chi connectivity index (χ1v) is 15.4. The zero-order valence-corrected chi connectivity index (χ0v) is 24.0. The number of ether oxygens (including phenoxy) is 1. The molecule has 0 bridgehead atoms. The molecule has 1 aliphatic carbocycles. The molecule has 4 aromatic rings. The second-order valence-corrected chi connectivity index (χ2v) is 12.3. The van der Waals surface area contributed by atoms with Gasteiger partial charge in [-0.3, -0.25) is 9.40 Å². The maximum atomic E-state index is 15.3. The van der Waals surface area contributed by atoms with Crippen LogP contribution in [-0.2, 0) is 21.3 Å². The Morgan fingerprint density at radius 3 is 2.66 bits per heavy atom. The number of sulfonamides is 1. The van der Waals surface area contributed by atoms with Crippen molar-refractivity contribution in [1.29, 1.82) is 0 Å². The van der Waals surface area contributed by atoms with Crippen LogP contribution in [0.4, 0.5) is 15.9 Å². The minimum Gasteiger partial charge on any atom is -0.383 e. The molecule has 0 saturated carbocycles. The van der Waals surface area contributed by atoms with Crippen LogP contribution in [-0.4, -0.2) is 48.5 Å². The maximum Gasteiger partial charge on any atom is 0.263 e. The highest BCUT2D eigenvalue weighted by molar-refractivity contribution is 7.92. The number of rotatable bonds is 8. The van der Waals surface area contributed by atoms with Crippen LogP contribution in [0.25, 0.3) is 27.7 Å². The lowest BCUT2D eigenvalue weighted by Crippen LogP contribution is -2.50. The van der Waals surface area contributed by atoms with E-state index in [1.54, 1.807) is 24.4 Å². The smallest absolute Gasteiger partial charge is 0.263 e. The lowest BCUT2D eigenvalue weighted by Gasteiger charge is -2.33. The average molecular weight is 597 g/mol. The third-order valence-electron chi connectivity index (χ3n) is 7.58. The maximum absolute atomic E-state index is 15.3. The molecule has 1 atom stereocenters. The summed E-state index contributed by atoms with van der Waals surface area (Å²) in [4.78, 5) is 4.35. The van der Waals surface area contributed by atoms with Crippen molar-refractivity contribution < 1.29 is 17.5 Å². The summed E-state index contributed by atoms with van der Waals surface area (Å²) in [5.74, 6) is -0.464. The van der Waals surface area contributed by atoms with E-state index >= 15 is 4.39 Å². The van der Waals surface area contributed by atoms with Crippen molar-refractivity contribution in [2.75, 3.05) is 23.7 Å². The van der Waals surface area contributed by atoms with E-state index in [1.165, 1.54) is 29.8 Å². The van der Waals surface area contributed by atoms with E-state index in [9.17, 15) is 8.42 Å². The third-order valence-corrected chi connectivity index (χ3v) is 9.44. The van der Waals surface area contributed by atoms with Gasteiger partial charge in [-0.15, -0.1) is 0 Å². The van der Waals surface area contributed by atoms with Gasteiger partial charge < -0.3 is 15.8 Å². The SMILES string of the molecule is CCn1nc(-c2ccc(NS(=O)(=O)c3ccccc3Cl)c(F)c2)c2c(N)ncc(C3=CC[C@@H](NC4COC4)CC3)c21. The summed E-state index contributed by atoms with van der Waals surface area (Å²) in [6.07, 6.45) is 6.83. The molecule has 1 fully saturated rings. The Morgan fingerprint density at radius 2 is 2.00 bits per heavy atom. The summed E-state index contributed by atoms with van der Waals surface area (Å²) in [6.45, 7) is 4.09. The van der Waals surface area contributed by atoms with Crippen LogP contribution in [0.2, 0.25) is 5.02 Å². The minimum absolute atomic E-state index is 0.0419. The molecule has 12 heteroatoms. The zero-order valence-electron chi connectivity index (χ0n) is 22.4. The number of nitrogens with zero attached hydrogens (tertiary/aromatic N) is 3. The lowest BCUT2D eigenvalue weighted by atomic mass is 9.89. The van der Waals surface area contributed by atoms with E-state index in [0.717, 1.165) is 43.6 Å². The second kappa shape index (κ2) is 11.1. The highest BCUT2D eigenvalue weighted by Gasteiger charge is 2.26. The average Bonchev–Trinajstić information content (AvgIpc) is 3.33. The lowest BCUT2D eigenvalue weighted by molar-refractivity contribution is -0.0103. The monoisotopic (exact) mass is 596 g/mol. The molecular weight excluding hydrogens is 567 g/mol. The summed E-state index contributed by atoms with van der Waals surface area (Å²) < 4.78 is 50.5. The van der Waals surface area contributed by atoms with Crippen molar-refractivity contribution in [3.63, 3.8) is 0 Å². The number of nitrogens with two attached hydrogens (primary N) is 1. The fourth-order valence-electron chi connectivity index (χ4n) is 5.41. The van der Waals surface area contributed by atoms with E-state index in [0.29, 0.717) is 41.1 Å².